The summed E-state index contributed by atoms with van der Waals surface area (Å²) < 4.78 is 6.82. The van der Waals surface area contributed by atoms with Crippen LogP contribution in [0.3, 0.4) is 0 Å². The molecule has 0 radical (unpaired) electrons. The summed E-state index contributed by atoms with van der Waals surface area (Å²) in [5.41, 5.74) is 0. The molecule has 0 aromatic heterocycles. The Hall–Kier alpha value is -1.04. The lowest BCUT2D eigenvalue weighted by Crippen LogP contribution is -1.70. The predicted octanol–water partition coefficient (Wildman–Crippen LogP) is 5.59. The van der Waals surface area contributed by atoms with Gasteiger partial charge in [-0.25, -0.2) is 0 Å². The molecule has 0 N–H and O–H groups in total. The van der Waals surface area contributed by atoms with E-state index in [2.05, 4.69) is 43.4 Å². The van der Waals surface area contributed by atoms with Crippen LogP contribution in [0, 0.1) is 0 Å². The number of hydrogen-bond acceptors (Lipinski definition) is 0. The van der Waals surface area contributed by atoms with Crippen LogP contribution < -0.4 is 0 Å². The topological polar surface area (TPSA) is 0 Å². The van der Waals surface area contributed by atoms with Gasteiger partial charge in [0.1, 0.15) is 0 Å². The molecule has 0 nitrogen and oxygen atoms in total. The monoisotopic (exact) mass is 219 g/mol. The Bertz CT molecular complexity index is 246. The summed E-state index contributed by atoms with van der Waals surface area (Å²) in [5, 5.41) is 0. The third-order valence-corrected chi connectivity index (χ3v) is 2.29. The van der Waals surface area contributed by atoms with Gasteiger partial charge in [0.05, 0.1) is 1.37 Å². The maximum Gasteiger partial charge on any atom is 0.0535 e. The molecule has 0 heterocycles. The molecule has 0 bridgehead atoms. The minimum atomic E-state index is 0.870. The Morgan fingerprint density at radius 3 is 2.12 bits per heavy atom. The lowest BCUT2D eigenvalue weighted by Gasteiger charge is -1.90. The van der Waals surface area contributed by atoms with E-state index in [1.54, 1.807) is 0 Å². The van der Waals surface area contributed by atoms with Gasteiger partial charge in [0.2, 0.25) is 0 Å². The van der Waals surface area contributed by atoms with E-state index < -0.39 is 0 Å². The number of hydrogen-bond donors (Lipinski definition) is 0. The van der Waals surface area contributed by atoms with Crippen molar-refractivity contribution in [3.8, 4) is 0 Å². The molecule has 16 heavy (non-hydrogen) atoms. The molecule has 0 rings (SSSR count). The van der Waals surface area contributed by atoms with Crippen molar-refractivity contribution in [1.29, 1.82) is 0 Å². The third kappa shape index (κ3) is 13.0. The minimum absolute atomic E-state index is 0.870. The Labute approximate surface area is 103 Å². The van der Waals surface area contributed by atoms with E-state index in [1.165, 1.54) is 32.2 Å². The smallest absolute Gasteiger partial charge is 0.0535 e. The highest BCUT2D eigenvalue weighted by Crippen LogP contribution is 2.00. The van der Waals surface area contributed by atoms with E-state index in [-0.39, 0.29) is 0 Å². The highest BCUT2D eigenvalue weighted by atomic mass is 13.9. The van der Waals surface area contributed by atoms with Gasteiger partial charge in [-0.2, -0.15) is 0 Å². The van der Waals surface area contributed by atoms with Crippen molar-refractivity contribution in [3.63, 3.8) is 0 Å². The van der Waals surface area contributed by atoms with E-state index in [4.69, 9.17) is 1.37 Å². The molecule has 0 unspecified atom stereocenters. The number of unbranched alkanes of at least 4 members (excludes halogenated alkanes) is 3. The lowest BCUT2D eigenvalue weighted by atomic mass is 10.2. The fraction of sp³-hybridized carbons (Fsp3) is 0.500. The number of allylic oxidation sites excluding steroid dienone is 7. The molecule has 0 aliphatic carbocycles. The van der Waals surface area contributed by atoms with Crippen molar-refractivity contribution in [2.45, 2.75) is 51.9 Å². The van der Waals surface area contributed by atoms with E-state index >= 15 is 0 Å². The molecule has 0 atom stereocenters. The minimum Gasteiger partial charge on any atom is -0.103 e. The van der Waals surface area contributed by atoms with Crippen molar-refractivity contribution in [2.24, 2.45) is 0 Å². The first-order valence-corrected chi connectivity index (χ1v) is 6.40. The van der Waals surface area contributed by atoms with Gasteiger partial charge in [-0.3, -0.25) is 0 Å². The lowest BCUT2D eigenvalue weighted by molar-refractivity contribution is 0.728. The zero-order chi connectivity index (χ0) is 12.6. The first-order valence-electron chi connectivity index (χ1n) is 6.98. The average Bonchev–Trinajstić information content (AvgIpc) is 2.35. The van der Waals surface area contributed by atoms with Gasteiger partial charge in [0.25, 0.3) is 0 Å². The van der Waals surface area contributed by atoms with Gasteiger partial charge in [0.15, 0.2) is 0 Å². The molecule has 0 fully saturated rings. The zero-order valence-electron chi connectivity index (χ0n) is 11.6. The second-order valence-electron chi connectivity index (χ2n) is 3.85. The summed E-state index contributed by atoms with van der Waals surface area (Å²) in [6.45, 7) is 3.57. The number of rotatable bonds is 10. The maximum absolute atomic E-state index is 6.82. The summed E-state index contributed by atoms with van der Waals surface area (Å²) in [6.07, 6.45) is 23.1. The Morgan fingerprint density at radius 2 is 1.50 bits per heavy atom. The summed E-state index contributed by atoms with van der Waals surface area (Å²) in [5.74, 6) is 0. The first kappa shape index (κ1) is 13.0. The molecule has 0 aliphatic rings. The molecule has 0 aliphatic heterocycles. The van der Waals surface area contributed by atoms with Crippen molar-refractivity contribution in [2.75, 3.05) is 0 Å². The van der Waals surface area contributed by atoms with Crippen molar-refractivity contribution >= 4 is 0 Å². The molecule has 0 aromatic rings. The molecule has 0 aromatic carbocycles. The van der Waals surface area contributed by atoms with Crippen LogP contribution >= 0.6 is 0 Å². The molecular formula is C16H26. The fourth-order valence-corrected chi connectivity index (χ4v) is 1.35. The maximum atomic E-state index is 6.82. The van der Waals surface area contributed by atoms with Gasteiger partial charge < -0.3 is 0 Å². The quantitative estimate of drug-likeness (QED) is 0.332. The Balaban J connectivity index is 3.32. The molecule has 0 amide bonds. The summed E-state index contributed by atoms with van der Waals surface area (Å²) >= 11 is 0. The van der Waals surface area contributed by atoms with Crippen LogP contribution in [-0.4, -0.2) is 0 Å². The second kappa shape index (κ2) is 14.0. The van der Waals surface area contributed by atoms with Gasteiger partial charge in [-0.15, -0.1) is 6.55 Å². The molecule has 0 saturated carbocycles. The molecular weight excluding hydrogens is 192 g/mol. The highest BCUT2D eigenvalue weighted by Gasteiger charge is 1.80. The van der Waals surface area contributed by atoms with E-state index in [1.807, 2.05) is 6.08 Å². The van der Waals surface area contributed by atoms with Gasteiger partial charge in [0, 0.05) is 0 Å². The summed E-state index contributed by atoms with van der Waals surface area (Å²) in [6, 6.07) is 0. The van der Waals surface area contributed by atoms with Crippen LogP contribution in [0.4, 0.5) is 0 Å². The molecule has 0 spiro atoms. The van der Waals surface area contributed by atoms with Crippen molar-refractivity contribution < 1.29 is 1.37 Å². The zero-order valence-corrected chi connectivity index (χ0v) is 10.6. The molecule has 0 saturated heterocycles. The SMILES string of the molecule is [2H]C=CCC=CCC=CCC=CCCCCC. The Kier molecular flexibility index (Phi) is 11.4. The standard InChI is InChI=1S/C16H26/c1-3-5-7-9-11-13-15-16-14-12-10-8-6-4-2/h3,7,9,12-15H,1,4-6,8,10-11,16H2,2H3/i1D. The Morgan fingerprint density at radius 1 is 0.875 bits per heavy atom. The van der Waals surface area contributed by atoms with Gasteiger partial charge >= 0.3 is 0 Å². The predicted molar refractivity (Wildman–Crippen MR) is 75.6 cm³/mol. The summed E-state index contributed by atoms with van der Waals surface area (Å²) in [4.78, 5) is 0. The van der Waals surface area contributed by atoms with Crippen molar-refractivity contribution in [1.82, 2.24) is 0 Å². The summed E-state index contributed by atoms with van der Waals surface area (Å²) in [7, 11) is 0. The second-order valence-corrected chi connectivity index (χ2v) is 3.85. The van der Waals surface area contributed by atoms with Crippen LogP contribution in [0.2, 0.25) is 0 Å². The van der Waals surface area contributed by atoms with E-state index in [9.17, 15) is 0 Å². The largest absolute Gasteiger partial charge is 0.103 e. The normalized spacial score (nSPS) is 13.7. The van der Waals surface area contributed by atoms with Crippen molar-refractivity contribution in [3.05, 3.63) is 49.1 Å². The van der Waals surface area contributed by atoms with Crippen LogP contribution in [0.1, 0.15) is 53.2 Å². The van der Waals surface area contributed by atoms with Gasteiger partial charge in [-0.1, -0.05) is 62.3 Å². The van der Waals surface area contributed by atoms with E-state index in [0.29, 0.717) is 0 Å². The van der Waals surface area contributed by atoms with Crippen LogP contribution in [-0.2, 0) is 0 Å². The van der Waals surface area contributed by atoms with Crippen LogP contribution in [0.25, 0.3) is 0 Å². The first-order chi connectivity index (χ1) is 8.41. The van der Waals surface area contributed by atoms with Gasteiger partial charge in [-0.05, 0) is 32.1 Å². The molecule has 0 heteroatoms. The van der Waals surface area contributed by atoms with Crippen LogP contribution in [0.15, 0.2) is 49.1 Å². The third-order valence-electron chi connectivity index (χ3n) is 2.29. The fourth-order valence-electron chi connectivity index (χ4n) is 1.35. The highest BCUT2D eigenvalue weighted by molar-refractivity contribution is 4.98. The average molecular weight is 219 g/mol. The van der Waals surface area contributed by atoms with Crippen LogP contribution in [0.5, 0.6) is 0 Å². The molecule has 90 valence electrons. The van der Waals surface area contributed by atoms with E-state index in [0.717, 1.165) is 19.3 Å².